The smallest absolute Gasteiger partial charge is 0.252 e. The Bertz CT molecular complexity index is 467. The van der Waals surface area contributed by atoms with E-state index in [1.54, 1.807) is 0 Å². The Balaban J connectivity index is 1.99. The summed E-state index contributed by atoms with van der Waals surface area (Å²) in [5.41, 5.74) is 6.70. The molecule has 1 aliphatic heterocycles. The van der Waals surface area contributed by atoms with Gasteiger partial charge in [-0.05, 0) is 37.5 Å². The van der Waals surface area contributed by atoms with E-state index in [4.69, 9.17) is 10.5 Å². The van der Waals surface area contributed by atoms with Gasteiger partial charge in [-0.15, -0.1) is 0 Å². The Morgan fingerprint density at radius 1 is 1.50 bits per heavy atom. The van der Waals surface area contributed by atoms with Gasteiger partial charge in [0, 0.05) is 24.1 Å². The predicted molar refractivity (Wildman–Crippen MR) is 82.2 cm³/mol. The molecule has 1 aromatic rings. The molecule has 1 saturated heterocycles. The maximum absolute atomic E-state index is 12.5. The minimum absolute atomic E-state index is 0.0357. The van der Waals surface area contributed by atoms with Gasteiger partial charge in [-0.25, -0.2) is 0 Å². The third kappa shape index (κ3) is 3.81. The van der Waals surface area contributed by atoms with Gasteiger partial charge >= 0.3 is 0 Å². The molecule has 1 heterocycles. The number of nitrogens with two attached hydrogens (primary N) is 1. The van der Waals surface area contributed by atoms with E-state index in [0.29, 0.717) is 19.6 Å². The van der Waals surface area contributed by atoms with E-state index in [9.17, 15) is 4.79 Å². The van der Waals surface area contributed by atoms with E-state index in [-0.39, 0.29) is 18.1 Å². The molecule has 20 heavy (non-hydrogen) atoms. The fraction of sp³-hybridized carbons (Fsp3) is 0.533. The first-order chi connectivity index (χ1) is 9.63. The molecule has 2 N–H and O–H groups in total. The highest BCUT2D eigenvalue weighted by Gasteiger charge is 2.32. The summed E-state index contributed by atoms with van der Waals surface area (Å²) in [7, 11) is 0. The molecular formula is C15H21BrN2O2. The molecular weight excluding hydrogens is 320 g/mol. The SMILES string of the molecule is CCN(Cc1cccc(Br)c1)C(=O)[C@@H]1CC[C@H](CN)O1. The van der Waals surface area contributed by atoms with Crippen molar-refractivity contribution in [2.24, 2.45) is 5.73 Å². The number of rotatable bonds is 5. The molecule has 2 atom stereocenters. The van der Waals surface area contributed by atoms with Crippen LogP contribution >= 0.6 is 15.9 Å². The van der Waals surface area contributed by atoms with Crippen molar-refractivity contribution >= 4 is 21.8 Å². The van der Waals surface area contributed by atoms with E-state index < -0.39 is 0 Å². The summed E-state index contributed by atoms with van der Waals surface area (Å²) in [5.74, 6) is 0.0726. The zero-order chi connectivity index (χ0) is 14.5. The largest absolute Gasteiger partial charge is 0.364 e. The van der Waals surface area contributed by atoms with Crippen molar-refractivity contribution in [2.75, 3.05) is 13.1 Å². The number of nitrogens with zero attached hydrogens (tertiary/aromatic N) is 1. The molecule has 0 radical (unpaired) electrons. The molecule has 0 aromatic heterocycles. The number of ether oxygens (including phenoxy) is 1. The molecule has 1 aliphatic rings. The topological polar surface area (TPSA) is 55.6 Å². The zero-order valence-electron chi connectivity index (χ0n) is 11.7. The van der Waals surface area contributed by atoms with Crippen LogP contribution in [-0.4, -0.2) is 36.1 Å². The van der Waals surface area contributed by atoms with Crippen molar-refractivity contribution < 1.29 is 9.53 Å². The normalized spacial score (nSPS) is 21.9. The first-order valence-corrected chi connectivity index (χ1v) is 7.82. The second-order valence-corrected chi connectivity index (χ2v) is 5.96. The van der Waals surface area contributed by atoms with Crippen molar-refractivity contribution in [3.63, 3.8) is 0 Å². The number of halogens is 1. The maximum Gasteiger partial charge on any atom is 0.252 e. The van der Waals surface area contributed by atoms with Crippen LogP contribution in [0.2, 0.25) is 0 Å². The van der Waals surface area contributed by atoms with Crippen molar-refractivity contribution in [3.05, 3.63) is 34.3 Å². The molecule has 0 saturated carbocycles. The van der Waals surface area contributed by atoms with E-state index >= 15 is 0 Å². The molecule has 0 aliphatic carbocycles. The highest BCUT2D eigenvalue weighted by atomic mass is 79.9. The summed E-state index contributed by atoms with van der Waals surface area (Å²) in [5, 5.41) is 0. The Morgan fingerprint density at radius 2 is 2.30 bits per heavy atom. The molecule has 0 unspecified atom stereocenters. The third-order valence-corrected chi connectivity index (χ3v) is 4.09. The van der Waals surface area contributed by atoms with Crippen LogP contribution in [0.5, 0.6) is 0 Å². The molecule has 4 nitrogen and oxygen atoms in total. The second-order valence-electron chi connectivity index (χ2n) is 5.04. The summed E-state index contributed by atoms with van der Waals surface area (Å²) < 4.78 is 6.72. The van der Waals surface area contributed by atoms with Gasteiger partial charge < -0.3 is 15.4 Å². The van der Waals surface area contributed by atoms with Gasteiger partial charge in [0.1, 0.15) is 6.10 Å². The van der Waals surface area contributed by atoms with E-state index in [2.05, 4.69) is 15.9 Å². The molecule has 110 valence electrons. The van der Waals surface area contributed by atoms with E-state index in [1.807, 2.05) is 36.1 Å². The molecule has 0 spiro atoms. The van der Waals surface area contributed by atoms with Gasteiger partial charge in [0.05, 0.1) is 6.10 Å². The van der Waals surface area contributed by atoms with Gasteiger partial charge in [-0.2, -0.15) is 0 Å². The van der Waals surface area contributed by atoms with E-state index in [0.717, 1.165) is 22.9 Å². The van der Waals surface area contributed by atoms with Crippen LogP contribution in [0.4, 0.5) is 0 Å². The zero-order valence-corrected chi connectivity index (χ0v) is 13.3. The van der Waals surface area contributed by atoms with Crippen molar-refractivity contribution in [2.45, 2.75) is 38.5 Å². The number of carbonyl (C=O) groups excluding carboxylic acids is 1. The average molecular weight is 341 g/mol. The fourth-order valence-electron chi connectivity index (χ4n) is 2.47. The van der Waals surface area contributed by atoms with Crippen LogP contribution in [0.3, 0.4) is 0 Å². The van der Waals surface area contributed by atoms with Gasteiger partial charge in [0.15, 0.2) is 0 Å². The molecule has 5 heteroatoms. The quantitative estimate of drug-likeness (QED) is 0.894. The summed E-state index contributed by atoms with van der Waals surface area (Å²) in [6.07, 6.45) is 1.36. The van der Waals surface area contributed by atoms with Crippen LogP contribution in [0.1, 0.15) is 25.3 Å². The van der Waals surface area contributed by atoms with Crippen LogP contribution in [-0.2, 0) is 16.1 Å². The number of carbonyl (C=O) groups is 1. The lowest BCUT2D eigenvalue weighted by atomic mass is 10.1. The summed E-state index contributed by atoms with van der Waals surface area (Å²) in [6.45, 7) is 3.77. The van der Waals surface area contributed by atoms with Gasteiger partial charge in [0.2, 0.25) is 0 Å². The number of hydrogen-bond donors (Lipinski definition) is 1. The Hall–Kier alpha value is -0.910. The van der Waals surface area contributed by atoms with E-state index in [1.165, 1.54) is 0 Å². The monoisotopic (exact) mass is 340 g/mol. The van der Waals surface area contributed by atoms with Crippen molar-refractivity contribution in [1.29, 1.82) is 0 Å². The van der Waals surface area contributed by atoms with Gasteiger partial charge in [-0.3, -0.25) is 4.79 Å². The highest BCUT2D eigenvalue weighted by molar-refractivity contribution is 9.10. The number of hydrogen-bond acceptors (Lipinski definition) is 3. The second kappa shape index (κ2) is 7.20. The van der Waals surface area contributed by atoms with Gasteiger partial charge in [-0.1, -0.05) is 28.1 Å². The Kier molecular flexibility index (Phi) is 5.57. The minimum atomic E-state index is -0.323. The summed E-state index contributed by atoms with van der Waals surface area (Å²) >= 11 is 3.45. The van der Waals surface area contributed by atoms with Crippen LogP contribution in [0.15, 0.2) is 28.7 Å². The van der Waals surface area contributed by atoms with Gasteiger partial charge in [0.25, 0.3) is 5.91 Å². The van der Waals surface area contributed by atoms with Crippen LogP contribution in [0.25, 0.3) is 0 Å². The van der Waals surface area contributed by atoms with Crippen LogP contribution < -0.4 is 5.73 Å². The summed E-state index contributed by atoms with van der Waals surface area (Å²) in [6, 6.07) is 8.02. The maximum atomic E-state index is 12.5. The summed E-state index contributed by atoms with van der Waals surface area (Å²) in [4.78, 5) is 14.3. The van der Waals surface area contributed by atoms with Crippen molar-refractivity contribution in [3.8, 4) is 0 Å². The lowest BCUT2D eigenvalue weighted by molar-refractivity contribution is -0.143. The number of likely N-dealkylation sites (N-methyl/N-ethyl adjacent to an activating group) is 1. The molecule has 1 amide bonds. The molecule has 0 bridgehead atoms. The fourth-order valence-corrected chi connectivity index (χ4v) is 2.91. The predicted octanol–water partition coefficient (Wildman–Crippen LogP) is 2.30. The Labute approximate surface area is 128 Å². The van der Waals surface area contributed by atoms with Crippen LogP contribution in [0, 0.1) is 0 Å². The Morgan fingerprint density at radius 3 is 2.90 bits per heavy atom. The molecule has 1 aromatic carbocycles. The first kappa shape index (κ1) is 15.5. The minimum Gasteiger partial charge on any atom is -0.364 e. The number of amides is 1. The molecule has 1 fully saturated rings. The number of benzene rings is 1. The lowest BCUT2D eigenvalue weighted by Crippen LogP contribution is -2.39. The first-order valence-electron chi connectivity index (χ1n) is 7.02. The average Bonchev–Trinajstić information content (AvgIpc) is 2.93. The third-order valence-electron chi connectivity index (χ3n) is 3.60. The van der Waals surface area contributed by atoms with Crippen molar-refractivity contribution in [1.82, 2.24) is 4.90 Å². The molecule has 2 rings (SSSR count). The lowest BCUT2D eigenvalue weighted by Gasteiger charge is -2.24. The standard InChI is InChI=1S/C15H21BrN2O2/c1-2-18(10-11-4-3-5-12(16)8-11)15(19)14-7-6-13(9-17)20-14/h3-5,8,13-14H,2,6-7,9-10,17H2,1H3/t13-,14+/m1/s1. The highest BCUT2D eigenvalue weighted by Crippen LogP contribution is 2.22.